The standard InChI is InChI=1S/C27H21N5OS2/c33-25(29-23-13-7-8-14-24(23)35-22-11-5-2-6-12-22)19-34-27-31-30-26(20-15-17-28-18-16-20)32(27)21-9-3-1-4-10-21/h1-18H,19H2,(H,29,33). The Morgan fingerprint density at radius 3 is 2.26 bits per heavy atom. The SMILES string of the molecule is O=C(CSc1nnc(-c2ccncc2)n1-c1ccccc1)Nc1ccccc1Sc1ccccc1. The second-order valence-corrected chi connectivity index (χ2v) is 9.52. The number of hydrogen-bond donors (Lipinski definition) is 1. The van der Waals surface area contributed by atoms with E-state index in [2.05, 4.69) is 32.6 Å². The summed E-state index contributed by atoms with van der Waals surface area (Å²) in [5, 5.41) is 12.5. The van der Waals surface area contributed by atoms with Crippen LogP contribution in [0.5, 0.6) is 0 Å². The number of para-hydroxylation sites is 2. The third kappa shape index (κ3) is 5.62. The molecule has 1 amide bonds. The van der Waals surface area contributed by atoms with Crippen molar-refractivity contribution in [1.82, 2.24) is 19.7 Å². The molecular formula is C27H21N5OS2. The molecule has 1 N–H and O–H groups in total. The molecule has 0 unspecified atom stereocenters. The van der Waals surface area contributed by atoms with Crippen LogP contribution in [0.1, 0.15) is 0 Å². The molecule has 0 spiro atoms. The summed E-state index contributed by atoms with van der Waals surface area (Å²) in [5.74, 6) is 0.793. The maximum Gasteiger partial charge on any atom is 0.234 e. The zero-order chi connectivity index (χ0) is 23.9. The van der Waals surface area contributed by atoms with Gasteiger partial charge in [0.2, 0.25) is 5.91 Å². The van der Waals surface area contributed by atoms with Gasteiger partial charge >= 0.3 is 0 Å². The number of benzene rings is 3. The lowest BCUT2D eigenvalue weighted by atomic mass is 10.2. The summed E-state index contributed by atoms with van der Waals surface area (Å²) in [6.07, 6.45) is 3.45. The van der Waals surface area contributed by atoms with Gasteiger partial charge in [0.25, 0.3) is 0 Å². The third-order valence-electron chi connectivity index (χ3n) is 5.05. The van der Waals surface area contributed by atoms with E-state index in [4.69, 9.17) is 0 Å². The normalized spacial score (nSPS) is 10.7. The van der Waals surface area contributed by atoms with Gasteiger partial charge in [0.15, 0.2) is 11.0 Å². The van der Waals surface area contributed by atoms with Crippen LogP contribution in [-0.2, 0) is 4.79 Å². The lowest BCUT2D eigenvalue weighted by Gasteiger charge is -2.12. The van der Waals surface area contributed by atoms with Crippen molar-refractivity contribution in [3.8, 4) is 17.1 Å². The van der Waals surface area contributed by atoms with Crippen molar-refractivity contribution in [3.63, 3.8) is 0 Å². The molecule has 6 nitrogen and oxygen atoms in total. The minimum Gasteiger partial charge on any atom is -0.324 e. The molecule has 0 saturated heterocycles. The van der Waals surface area contributed by atoms with Gasteiger partial charge in [-0.25, -0.2) is 0 Å². The number of hydrogen-bond acceptors (Lipinski definition) is 6. The van der Waals surface area contributed by atoms with Gasteiger partial charge in [0, 0.05) is 33.4 Å². The van der Waals surface area contributed by atoms with E-state index in [1.165, 1.54) is 11.8 Å². The molecule has 0 aliphatic heterocycles. The van der Waals surface area contributed by atoms with Gasteiger partial charge in [0.1, 0.15) is 0 Å². The number of aromatic nitrogens is 4. The molecule has 0 saturated carbocycles. The van der Waals surface area contributed by atoms with Crippen molar-refractivity contribution in [3.05, 3.63) is 109 Å². The summed E-state index contributed by atoms with van der Waals surface area (Å²) in [7, 11) is 0. The summed E-state index contributed by atoms with van der Waals surface area (Å²) in [6.45, 7) is 0. The summed E-state index contributed by atoms with van der Waals surface area (Å²) >= 11 is 2.97. The zero-order valence-electron chi connectivity index (χ0n) is 18.6. The summed E-state index contributed by atoms with van der Waals surface area (Å²) < 4.78 is 1.96. The molecule has 3 aromatic carbocycles. The van der Waals surface area contributed by atoms with Gasteiger partial charge in [-0.2, -0.15) is 0 Å². The average Bonchev–Trinajstić information content (AvgIpc) is 3.34. The van der Waals surface area contributed by atoms with Crippen molar-refractivity contribution < 1.29 is 4.79 Å². The largest absolute Gasteiger partial charge is 0.324 e. The first-order valence-corrected chi connectivity index (χ1v) is 12.7. The maximum atomic E-state index is 12.9. The van der Waals surface area contributed by atoms with Gasteiger partial charge in [-0.05, 0) is 48.5 Å². The van der Waals surface area contributed by atoms with E-state index in [1.807, 2.05) is 89.5 Å². The van der Waals surface area contributed by atoms with E-state index >= 15 is 0 Å². The molecule has 0 radical (unpaired) electrons. The molecule has 5 aromatic rings. The number of amides is 1. The first kappa shape index (κ1) is 22.9. The van der Waals surface area contributed by atoms with Crippen LogP contribution in [0.25, 0.3) is 17.1 Å². The summed E-state index contributed by atoms with van der Waals surface area (Å²) in [6, 6.07) is 31.6. The Hall–Kier alpha value is -3.88. The van der Waals surface area contributed by atoms with Crippen molar-refractivity contribution in [2.75, 3.05) is 11.1 Å². The quantitative estimate of drug-likeness (QED) is 0.258. The van der Waals surface area contributed by atoms with Crippen molar-refractivity contribution >= 4 is 35.1 Å². The van der Waals surface area contributed by atoms with Crippen LogP contribution < -0.4 is 5.32 Å². The molecule has 0 bridgehead atoms. The van der Waals surface area contributed by atoms with Gasteiger partial charge in [-0.3, -0.25) is 14.3 Å². The first-order chi connectivity index (χ1) is 17.3. The van der Waals surface area contributed by atoms with Crippen LogP contribution in [0.4, 0.5) is 5.69 Å². The highest BCUT2D eigenvalue weighted by Gasteiger charge is 2.17. The number of nitrogens with one attached hydrogen (secondary N) is 1. The van der Waals surface area contributed by atoms with Crippen LogP contribution in [-0.4, -0.2) is 31.4 Å². The monoisotopic (exact) mass is 495 g/mol. The fourth-order valence-corrected chi connectivity index (χ4v) is 5.13. The van der Waals surface area contributed by atoms with Crippen LogP contribution in [0, 0.1) is 0 Å². The Labute approximate surface area is 211 Å². The van der Waals surface area contributed by atoms with Crippen LogP contribution >= 0.6 is 23.5 Å². The molecule has 0 aliphatic carbocycles. The topological polar surface area (TPSA) is 72.7 Å². The second kappa shape index (κ2) is 11.0. The Bertz CT molecular complexity index is 1410. The number of nitrogens with zero attached hydrogens (tertiary/aromatic N) is 4. The van der Waals surface area contributed by atoms with Crippen molar-refractivity contribution in [1.29, 1.82) is 0 Å². The summed E-state index contributed by atoms with van der Waals surface area (Å²) in [5.41, 5.74) is 2.62. The Morgan fingerprint density at radius 1 is 0.800 bits per heavy atom. The van der Waals surface area contributed by atoms with Crippen LogP contribution in [0.15, 0.2) is 124 Å². The Kier molecular flexibility index (Phi) is 7.21. The number of carbonyl (C=O) groups is 1. The van der Waals surface area contributed by atoms with Gasteiger partial charge < -0.3 is 5.32 Å². The predicted octanol–water partition coefficient (Wildman–Crippen LogP) is 6.21. The lowest BCUT2D eigenvalue weighted by molar-refractivity contribution is -0.113. The molecule has 172 valence electrons. The fraction of sp³-hybridized carbons (Fsp3) is 0.0370. The molecule has 0 atom stereocenters. The number of thioether (sulfide) groups is 1. The van der Waals surface area contributed by atoms with E-state index in [9.17, 15) is 4.79 Å². The van der Waals surface area contributed by atoms with E-state index in [0.717, 1.165) is 26.7 Å². The number of pyridine rings is 1. The number of rotatable bonds is 8. The average molecular weight is 496 g/mol. The minimum absolute atomic E-state index is 0.107. The molecule has 2 aromatic heterocycles. The Morgan fingerprint density at radius 2 is 1.49 bits per heavy atom. The van der Waals surface area contributed by atoms with Gasteiger partial charge in [0.05, 0.1) is 11.4 Å². The molecular weight excluding hydrogens is 474 g/mol. The van der Waals surface area contributed by atoms with E-state index < -0.39 is 0 Å². The molecule has 5 rings (SSSR count). The molecule has 0 aliphatic rings. The highest BCUT2D eigenvalue weighted by atomic mass is 32.2. The molecule has 35 heavy (non-hydrogen) atoms. The van der Waals surface area contributed by atoms with Crippen molar-refractivity contribution in [2.45, 2.75) is 14.9 Å². The Balaban J connectivity index is 1.34. The van der Waals surface area contributed by atoms with Crippen LogP contribution in [0.2, 0.25) is 0 Å². The lowest BCUT2D eigenvalue weighted by Crippen LogP contribution is -2.15. The van der Waals surface area contributed by atoms with Crippen LogP contribution in [0.3, 0.4) is 0 Å². The number of carbonyl (C=O) groups excluding carboxylic acids is 1. The highest BCUT2D eigenvalue weighted by molar-refractivity contribution is 8.00. The second-order valence-electron chi connectivity index (χ2n) is 7.46. The minimum atomic E-state index is -0.107. The predicted molar refractivity (Wildman–Crippen MR) is 141 cm³/mol. The third-order valence-corrected chi connectivity index (χ3v) is 7.06. The number of anilines is 1. The first-order valence-electron chi connectivity index (χ1n) is 10.9. The van der Waals surface area contributed by atoms with Gasteiger partial charge in [-0.1, -0.05) is 72.1 Å². The van der Waals surface area contributed by atoms with E-state index in [0.29, 0.717) is 11.0 Å². The maximum absolute atomic E-state index is 12.9. The molecule has 8 heteroatoms. The zero-order valence-corrected chi connectivity index (χ0v) is 20.2. The van der Waals surface area contributed by atoms with Crippen molar-refractivity contribution in [2.24, 2.45) is 0 Å². The fourth-order valence-electron chi connectivity index (χ4n) is 3.45. The molecule has 2 heterocycles. The van der Waals surface area contributed by atoms with E-state index in [1.54, 1.807) is 24.2 Å². The molecule has 0 fully saturated rings. The smallest absolute Gasteiger partial charge is 0.234 e. The summed E-state index contributed by atoms with van der Waals surface area (Å²) in [4.78, 5) is 19.1. The highest BCUT2D eigenvalue weighted by Crippen LogP contribution is 2.33. The van der Waals surface area contributed by atoms with E-state index in [-0.39, 0.29) is 11.7 Å². The van der Waals surface area contributed by atoms with Gasteiger partial charge in [-0.15, -0.1) is 10.2 Å².